The van der Waals surface area contributed by atoms with Gasteiger partial charge in [0.15, 0.2) is 0 Å². The zero-order chi connectivity index (χ0) is 36.1. The van der Waals surface area contributed by atoms with E-state index in [4.69, 9.17) is 0 Å². The summed E-state index contributed by atoms with van der Waals surface area (Å²) < 4.78 is 2.39. The first-order valence-corrected chi connectivity index (χ1v) is 18.6. The van der Waals surface area contributed by atoms with Crippen molar-refractivity contribution in [2.24, 2.45) is 0 Å². The van der Waals surface area contributed by atoms with Crippen molar-refractivity contribution in [3.63, 3.8) is 0 Å². The second-order valence-corrected chi connectivity index (χ2v) is 14.6. The fraction of sp³-hybridized carbons (Fsp3) is 0.0980. The van der Waals surface area contributed by atoms with Crippen molar-refractivity contribution in [2.45, 2.75) is 33.1 Å². The number of allylic oxidation sites excluding steroid dienone is 1. The van der Waals surface area contributed by atoms with E-state index in [-0.39, 0.29) is 5.41 Å². The minimum atomic E-state index is -0.0672. The molecule has 2 heteroatoms. The van der Waals surface area contributed by atoms with E-state index in [2.05, 4.69) is 219 Å². The number of aryl methyl sites for hydroxylation is 1. The maximum atomic E-state index is 2.40. The zero-order valence-electron chi connectivity index (χ0n) is 30.7. The fourth-order valence-electron chi connectivity index (χ4n) is 8.37. The first-order chi connectivity index (χ1) is 25.9. The molecule has 1 heterocycles. The third kappa shape index (κ3) is 5.50. The number of aromatic nitrogens is 1. The van der Waals surface area contributed by atoms with Gasteiger partial charge in [-0.25, -0.2) is 0 Å². The van der Waals surface area contributed by atoms with Crippen LogP contribution in [0, 0.1) is 6.92 Å². The number of benzene rings is 7. The fourth-order valence-corrected chi connectivity index (χ4v) is 8.37. The minimum Gasteiger partial charge on any atom is -0.310 e. The van der Waals surface area contributed by atoms with Gasteiger partial charge < -0.3 is 9.47 Å². The number of para-hydroxylation sites is 1. The summed E-state index contributed by atoms with van der Waals surface area (Å²) in [7, 11) is 0. The molecule has 8 aromatic rings. The Morgan fingerprint density at radius 1 is 0.509 bits per heavy atom. The lowest BCUT2D eigenvalue weighted by Gasteiger charge is -2.28. The maximum absolute atomic E-state index is 2.40. The highest BCUT2D eigenvalue weighted by atomic mass is 15.1. The monoisotopic (exact) mass is 682 g/mol. The van der Waals surface area contributed by atoms with Crippen LogP contribution in [0.1, 0.15) is 43.2 Å². The molecule has 0 fully saturated rings. The van der Waals surface area contributed by atoms with E-state index in [1.165, 1.54) is 66.7 Å². The molecule has 7 aromatic carbocycles. The summed E-state index contributed by atoms with van der Waals surface area (Å²) in [6, 6.07) is 62.0. The summed E-state index contributed by atoms with van der Waals surface area (Å²) >= 11 is 0. The predicted octanol–water partition coefficient (Wildman–Crippen LogP) is 14.1. The van der Waals surface area contributed by atoms with Gasteiger partial charge in [0, 0.05) is 39.2 Å². The van der Waals surface area contributed by atoms with Gasteiger partial charge in [-0.1, -0.05) is 129 Å². The summed E-state index contributed by atoms with van der Waals surface area (Å²) in [5.41, 5.74) is 18.5. The zero-order valence-corrected chi connectivity index (χ0v) is 30.7. The quantitative estimate of drug-likeness (QED) is 0.162. The first kappa shape index (κ1) is 32.5. The molecule has 0 radical (unpaired) electrons. The van der Waals surface area contributed by atoms with Gasteiger partial charge in [0.2, 0.25) is 0 Å². The number of fused-ring (bicyclic) bond motifs is 4. The summed E-state index contributed by atoms with van der Waals surface area (Å²) in [5.74, 6) is 0. The standard InChI is InChI=1S/C51H42N2/c1-5-14-49-35(2)46-33-39(25-32-50(46)53(49)42-28-21-37(22-29-42)36-15-8-6-9-16-36)38-23-26-41(27-24-38)52(40-17-10-7-11-18-40)43-30-31-45-44-19-12-13-20-47(44)51(3,4)48(45)34-43/h5-34H,1-4H3/b14-5-. The van der Waals surface area contributed by atoms with Gasteiger partial charge in [0.05, 0.1) is 5.52 Å². The van der Waals surface area contributed by atoms with E-state index in [9.17, 15) is 0 Å². The average Bonchev–Trinajstić information content (AvgIpc) is 3.61. The molecule has 0 N–H and O–H groups in total. The van der Waals surface area contributed by atoms with E-state index >= 15 is 0 Å². The second kappa shape index (κ2) is 13.0. The maximum Gasteiger partial charge on any atom is 0.0537 e. The van der Waals surface area contributed by atoms with Crippen LogP contribution >= 0.6 is 0 Å². The summed E-state index contributed by atoms with van der Waals surface area (Å²) in [6.45, 7) is 9.03. The molecular weight excluding hydrogens is 641 g/mol. The van der Waals surface area contributed by atoms with Crippen molar-refractivity contribution in [3.8, 4) is 39.1 Å². The Balaban J connectivity index is 1.08. The van der Waals surface area contributed by atoms with Crippen LogP contribution in [0.2, 0.25) is 0 Å². The van der Waals surface area contributed by atoms with Crippen molar-refractivity contribution in [1.82, 2.24) is 4.57 Å². The van der Waals surface area contributed by atoms with Gasteiger partial charge in [-0.05, 0) is 131 Å². The first-order valence-electron chi connectivity index (χ1n) is 18.6. The molecule has 0 bridgehead atoms. The smallest absolute Gasteiger partial charge is 0.0537 e. The number of hydrogen-bond acceptors (Lipinski definition) is 1. The van der Waals surface area contributed by atoms with Gasteiger partial charge in [0.25, 0.3) is 0 Å². The van der Waals surface area contributed by atoms with Crippen molar-refractivity contribution < 1.29 is 0 Å². The van der Waals surface area contributed by atoms with Crippen LogP contribution in [0.4, 0.5) is 17.1 Å². The number of rotatable bonds is 7. The Bertz CT molecular complexity index is 2620. The molecular formula is C51H42N2. The highest BCUT2D eigenvalue weighted by molar-refractivity contribution is 5.94. The van der Waals surface area contributed by atoms with Gasteiger partial charge in [-0.2, -0.15) is 0 Å². The minimum absolute atomic E-state index is 0.0672. The van der Waals surface area contributed by atoms with Crippen molar-refractivity contribution >= 4 is 34.0 Å². The van der Waals surface area contributed by atoms with Crippen LogP contribution in [-0.2, 0) is 5.41 Å². The largest absolute Gasteiger partial charge is 0.310 e. The lowest BCUT2D eigenvalue weighted by atomic mass is 9.82. The molecule has 256 valence electrons. The Hall–Kier alpha value is -6.38. The van der Waals surface area contributed by atoms with Crippen LogP contribution in [0.25, 0.3) is 56.0 Å². The third-order valence-electron chi connectivity index (χ3n) is 11.1. The number of anilines is 3. The Kier molecular flexibility index (Phi) is 7.97. The van der Waals surface area contributed by atoms with Crippen LogP contribution in [-0.4, -0.2) is 4.57 Å². The third-order valence-corrected chi connectivity index (χ3v) is 11.1. The highest BCUT2D eigenvalue weighted by Gasteiger charge is 2.35. The second-order valence-electron chi connectivity index (χ2n) is 14.6. The van der Waals surface area contributed by atoms with Gasteiger partial charge in [-0.15, -0.1) is 0 Å². The Morgan fingerprint density at radius 3 is 1.81 bits per heavy atom. The lowest BCUT2D eigenvalue weighted by molar-refractivity contribution is 0.660. The highest BCUT2D eigenvalue weighted by Crippen LogP contribution is 2.50. The van der Waals surface area contributed by atoms with Crippen LogP contribution in [0.15, 0.2) is 176 Å². The van der Waals surface area contributed by atoms with E-state index in [0.717, 1.165) is 22.7 Å². The van der Waals surface area contributed by atoms with Gasteiger partial charge in [0.1, 0.15) is 0 Å². The molecule has 0 aliphatic heterocycles. The molecule has 1 aromatic heterocycles. The predicted molar refractivity (Wildman–Crippen MR) is 226 cm³/mol. The van der Waals surface area contributed by atoms with Gasteiger partial charge >= 0.3 is 0 Å². The van der Waals surface area contributed by atoms with Crippen molar-refractivity contribution in [2.75, 3.05) is 4.90 Å². The summed E-state index contributed by atoms with van der Waals surface area (Å²) in [5, 5.41) is 1.26. The van der Waals surface area contributed by atoms with Crippen LogP contribution in [0.3, 0.4) is 0 Å². The summed E-state index contributed by atoms with van der Waals surface area (Å²) in [4.78, 5) is 2.38. The number of nitrogens with zero attached hydrogens (tertiary/aromatic N) is 2. The van der Waals surface area contributed by atoms with E-state index in [1.54, 1.807) is 0 Å². The van der Waals surface area contributed by atoms with Crippen LogP contribution < -0.4 is 4.90 Å². The molecule has 0 atom stereocenters. The normalized spacial score (nSPS) is 13.0. The Morgan fingerprint density at radius 2 is 1.08 bits per heavy atom. The van der Waals surface area contributed by atoms with Crippen molar-refractivity contribution in [3.05, 3.63) is 198 Å². The number of hydrogen-bond donors (Lipinski definition) is 0. The molecule has 0 spiro atoms. The molecule has 9 rings (SSSR count). The lowest BCUT2D eigenvalue weighted by Crippen LogP contribution is -2.16. The SMILES string of the molecule is C/C=C\c1c(C)c2cc(-c3ccc(N(c4ccccc4)c4ccc5c(c4)C(C)(C)c4ccccc4-5)cc3)ccc2n1-c1ccc(-c2ccccc2)cc1. The van der Waals surface area contributed by atoms with E-state index in [0.29, 0.717) is 0 Å². The molecule has 53 heavy (non-hydrogen) atoms. The van der Waals surface area contributed by atoms with Crippen molar-refractivity contribution in [1.29, 1.82) is 0 Å². The topological polar surface area (TPSA) is 8.17 Å². The molecule has 2 nitrogen and oxygen atoms in total. The van der Waals surface area contributed by atoms with E-state index < -0.39 is 0 Å². The average molecular weight is 683 g/mol. The molecule has 0 saturated carbocycles. The van der Waals surface area contributed by atoms with E-state index in [1.807, 2.05) is 0 Å². The Labute approximate surface area is 312 Å². The molecule has 0 saturated heterocycles. The molecule has 1 aliphatic carbocycles. The summed E-state index contributed by atoms with van der Waals surface area (Å²) in [6.07, 6.45) is 4.36. The molecule has 0 amide bonds. The molecule has 0 unspecified atom stereocenters. The molecule has 1 aliphatic rings. The van der Waals surface area contributed by atoms with Gasteiger partial charge in [-0.3, -0.25) is 0 Å². The van der Waals surface area contributed by atoms with Crippen LogP contribution in [0.5, 0.6) is 0 Å².